The molecule has 0 N–H and O–H groups in total. The molecule has 0 amide bonds. The predicted octanol–water partition coefficient (Wildman–Crippen LogP) is 3.07. The van der Waals surface area contributed by atoms with Gasteiger partial charge in [-0.25, -0.2) is 0 Å². The summed E-state index contributed by atoms with van der Waals surface area (Å²) in [5, 5.41) is 4.79. The third kappa shape index (κ3) is 3.12. The number of aromatic nitrogens is 2. The van der Waals surface area contributed by atoms with Crippen molar-refractivity contribution in [3.63, 3.8) is 0 Å². The number of benzene rings is 2. The van der Waals surface area contributed by atoms with Crippen LogP contribution in [0.1, 0.15) is 28.1 Å². The Morgan fingerprint density at radius 1 is 0.826 bits per heavy atom. The van der Waals surface area contributed by atoms with Gasteiger partial charge in [0.05, 0.1) is 0 Å². The zero-order valence-electron chi connectivity index (χ0n) is 14.3. The first-order valence-corrected chi connectivity index (χ1v) is 9.56. The summed E-state index contributed by atoms with van der Waals surface area (Å²) in [6.45, 7) is 10.9. The van der Waals surface area contributed by atoms with Crippen LogP contribution >= 0.6 is 0 Å². The summed E-state index contributed by atoms with van der Waals surface area (Å²) in [4.78, 5) is 0. The van der Waals surface area contributed by atoms with E-state index in [0.29, 0.717) is 0 Å². The number of aryl methyl sites for hydroxylation is 4. The van der Waals surface area contributed by atoms with Crippen molar-refractivity contribution >= 4 is 23.9 Å². The molecule has 3 heteroatoms. The van der Waals surface area contributed by atoms with Crippen molar-refractivity contribution in [2.45, 2.75) is 34.6 Å². The minimum absolute atomic E-state index is 0.281. The van der Waals surface area contributed by atoms with Gasteiger partial charge in [-0.1, -0.05) is 0 Å². The van der Waals surface area contributed by atoms with Crippen molar-refractivity contribution in [3.8, 4) is 5.69 Å². The summed E-state index contributed by atoms with van der Waals surface area (Å²) >= 11 is 0.281. The van der Waals surface area contributed by atoms with Gasteiger partial charge in [-0.05, 0) is 0 Å². The molecule has 0 bridgehead atoms. The molecule has 0 atom stereocenters. The monoisotopic (exact) mass is 370 g/mol. The van der Waals surface area contributed by atoms with Gasteiger partial charge in [0.25, 0.3) is 0 Å². The number of para-hydroxylation sites is 1. The van der Waals surface area contributed by atoms with Crippen LogP contribution in [0.15, 0.2) is 42.5 Å². The first kappa shape index (κ1) is 16.0. The quantitative estimate of drug-likeness (QED) is 0.649. The Labute approximate surface area is 144 Å². The van der Waals surface area contributed by atoms with Gasteiger partial charge in [0, 0.05) is 0 Å². The third-order valence-electron chi connectivity index (χ3n) is 4.03. The fraction of sp³-hybridized carbons (Fsp3) is 0.250. The van der Waals surface area contributed by atoms with Crippen molar-refractivity contribution < 1.29 is 0 Å². The third-order valence-corrected chi connectivity index (χ3v) is 7.48. The number of nitrogens with zero attached hydrogens (tertiary/aromatic N) is 2. The van der Waals surface area contributed by atoms with Crippen LogP contribution < -0.4 is 8.92 Å². The zero-order valence-corrected chi connectivity index (χ0v) is 16.1. The Kier molecular flexibility index (Phi) is 4.43. The van der Waals surface area contributed by atoms with Crippen molar-refractivity contribution in [1.29, 1.82) is 0 Å². The molecule has 23 heavy (non-hydrogen) atoms. The molecule has 0 fully saturated rings. The average molecular weight is 369 g/mol. The van der Waals surface area contributed by atoms with Crippen LogP contribution in [0.2, 0.25) is 0 Å². The molecule has 0 saturated heterocycles. The number of hydrogen-bond donors (Lipinski definition) is 0. The van der Waals surface area contributed by atoms with E-state index in [4.69, 9.17) is 5.10 Å². The molecule has 2 nitrogen and oxygen atoms in total. The van der Waals surface area contributed by atoms with Crippen LogP contribution in [0.3, 0.4) is 0 Å². The van der Waals surface area contributed by atoms with Gasteiger partial charge in [0.2, 0.25) is 0 Å². The number of hydrogen-bond acceptors (Lipinski definition) is 1. The second-order valence-electron chi connectivity index (χ2n) is 6.08. The molecule has 0 aliphatic heterocycles. The first-order chi connectivity index (χ1) is 11.0. The van der Waals surface area contributed by atoms with E-state index in [2.05, 4.69) is 75.7 Å². The van der Waals surface area contributed by atoms with Gasteiger partial charge in [-0.2, -0.15) is 0 Å². The van der Waals surface area contributed by atoms with E-state index in [1.807, 2.05) is 6.07 Å². The van der Waals surface area contributed by atoms with E-state index in [1.165, 1.54) is 31.3 Å². The van der Waals surface area contributed by atoms with Gasteiger partial charge in [-0.3, -0.25) is 0 Å². The molecule has 0 spiro atoms. The second kappa shape index (κ2) is 6.35. The molecule has 0 unspecified atom stereocenters. The molecule has 1 aromatic heterocycles. The molecule has 0 radical (unpaired) electrons. The van der Waals surface area contributed by atoms with E-state index in [0.717, 1.165) is 11.4 Å². The maximum atomic E-state index is 4.79. The van der Waals surface area contributed by atoms with Gasteiger partial charge in [-0.15, -0.1) is 0 Å². The molecule has 2 aromatic carbocycles. The number of rotatable bonds is 3. The predicted molar refractivity (Wildman–Crippen MR) is 98.7 cm³/mol. The topological polar surface area (TPSA) is 17.8 Å². The Hall–Kier alpha value is -1.83. The Balaban J connectivity index is 2.04. The fourth-order valence-electron chi connectivity index (χ4n) is 3.03. The Morgan fingerprint density at radius 2 is 1.43 bits per heavy atom. The summed E-state index contributed by atoms with van der Waals surface area (Å²) in [7, 11) is 0. The van der Waals surface area contributed by atoms with Crippen LogP contribution in [-0.2, 0) is 0 Å². The van der Waals surface area contributed by atoms with Crippen molar-refractivity contribution in [2.75, 3.05) is 0 Å². The molecule has 1 heterocycles. The van der Waals surface area contributed by atoms with Crippen molar-refractivity contribution in [3.05, 3.63) is 70.5 Å². The Bertz CT molecular complexity index is 825. The minimum atomic E-state index is 0.281. The van der Waals surface area contributed by atoms with Crippen LogP contribution in [0.25, 0.3) is 5.69 Å². The zero-order chi connectivity index (χ0) is 16.6. The SMILES string of the molecule is Cc1cc(C)c([Se]c2c(C)nn(-c3ccccc3)c2C)c(C)c1. The Morgan fingerprint density at radius 3 is 2.04 bits per heavy atom. The molecular weight excluding hydrogens is 347 g/mol. The second-order valence-corrected chi connectivity index (χ2v) is 8.22. The summed E-state index contributed by atoms with van der Waals surface area (Å²) < 4.78 is 4.96. The first-order valence-electron chi connectivity index (χ1n) is 7.84. The van der Waals surface area contributed by atoms with E-state index >= 15 is 0 Å². The van der Waals surface area contributed by atoms with Crippen LogP contribution in [-0.4, -0.2) is 24.7 Å². The normalized spacial score (nSPS) is 11.0. The van der Waals surface area contributed by atoms with Crippen LogP contribution in [0, 0.1) is 34.6 Å². The summed E-state index contributed by atoms with van der Waals surface area (Å²) in [6, 6.07) is 15.0. The standard InChI is InChI=1S/C20H22N2Se/c1-13-11-14(2)19(15(3)12-13)23-20-16(4)21-22(17(20)5)18-9-7-6-8-10-18/h6-12H,1-5H3. The maximum absolute atomic E-state index is 4.79. The van der Waals surface area contributed by atoms with Crippen molar-refractivity contribution in [2.24, 2.45) is 0 Å². The summed E-state index contributed by atoms with van der Waals surface area (Å²) in [5.41, 5.74) is 7.67. The van der Waals surface area contributed by atoms with Crippen LogP contribution in [0.4, 0.5) is 0 Å². The molecule has 0 aliphatic carbocycles. The van der Waals surface area contributed by atoms with Gasteiger partial charge < -0.3 is 0 Å². The van der Waals surface area contributed by atoms with E-state index in [9.17, 15) is 0 Å². The van der Waals surface area contributed by atoms with Gasteiger partial charge in [0.1, 0.15) is 0 Å². The van der Waals surface area contributed by atoms with Gasteiger partial charge >= 0.3 is 145 Å². The molecular formula is C20H22N2Se. The van der Waals surface area contributed by atoms with E-state index in [-0.39, 0.29) is 15.0 Å². The van der Waals surface area contributed by atoms with Crippen LogP contribution in [0.5, 0.6) is 0 Å². The van der Waals surface area contributed by atoms with Crippen molar-refractivity contribution in [1.82, 2.24) is 9.78 Å². The summed E-state index contributed by atoms with van der Waals surface area (Å²) in [5.74, 6) is 0. The van der Waals surface area contributed by atoms with E-state index in [1.54, 1.807) is 0 Å². The molecule has 3 aromatic rings. The molecule has 118 valence electrons. The van der Waals surface area contributed by atoms with Gasteiger partial charge in [0.15, 0.2) is 0 Å². The average Bonchev–Trinajstić information content (AvgIpc) is 2.79. The molecule has 0 aliphatic rings. The molecule has 3 rings (SSSR count). The summed E-state index contributed by atoms with van der Waals surface area (Å²) in [6.07, 6.45) is 0. The molecule has 0 saturated carbocycles. The van der Waals surface area contributed by atoms with E-state index < -0.39 is 0 Å². The fourth-order valence-corrected chi connectivity index (χ4v) is 5.26.